The van der Waals surface area contributed by atoms with Crippen LogP contribution in [0.5, 0.6) is 0 Å². The number of aliphatic hydroxyl groups is 1. The first-order valence-electron chi connectivity index (χ1n) is 5.91. The van der Waals surface area contributed by atoms with Gasteiger partial charge in [-0.05, 0) is 35.4 Å². The topological polar surface area (TPSA) is 20.2 Å². The Balaban J connectivity index is 2.50. The van der Waals surface area contributed by atoms with E-state index in [0.717, 1.165) is 0 Å². The molecular weight excluding hydrogens is 246 g/mol. The van der Waals surface area contributed by atoms with Gasteiger partial charge in [-0.25, -0.2) is 8.78 Å². The van der Waals surface area contributed by atoms with Gasteiger partial charge in [0.15, 0.2) is 0 Å². The average molecular weight is 260 g/mol. The van der Waals surface area contributed by atoms with Gasteiger partial charge in [0.1, 0.15) is 17.2 Å². The Labute approximate surface area is 110 Å². The van der Waals surface area contributed by atoms with Crippen LogP contribution in [0.2, 0.25) is 0 Å². The lowest BCUT2D eigenvalue weighted by molar-refractivity contribution is 0.0840. The van der Waals surface area contributed by atoms with Gasteiger partial charge in [-0.1, -0.05) is 30.3 Å². The highest BCUT2D eigenvalue weighted by Crippen LogP contribution is 2.33. The minimum Gasteiger partial charge on any atom is -0.380 e. The molecule has 0 atom stereocenters. The van der Waals surface area contributed by atoms with E-state index >= 15 is 0 Å². The maximum atomic E-state index is 13.0. The lowest BCUT2D eigenvalue weighted by Crippen LogP contribution is -2.26. The SMILES string of the molecule is C=CCC(O)(c1ccc(F)cc1)c1ccc(F)cc1. The first-order chi connectivity index (χ1) is 9.06. The van der Waals surface area contributed by atoms with Gasteiger partial charge in [-0.3, -0.25) is 0 Å². The van der Waals surface area contributed by atoms with Crippen molar-refractivity contribution in [3.63, 3.8) is 0 Å². The number of hydrogen-bond donors (Lipinski definition) is 1. The Kier molecular flexibility index (Phi) is 3.76. The maximum absolute atomic E-state index is 13.0. The summed E-state index contributed by atoms with van der Waals surface area (Å²) in [5.74, 6) is -0.743. The van der Waals surface area contributed by atoms with Crippen LogP contribution in [0.4, 0.5) is 8.78 Å². The van der Waals surface area contributed by atoms with Crippen molar-refractivity contribution in [1.29, 1.82) is 0 Å². The molecule has 98 valence electrons. The van der Waals surface area contributed by atoms with E-state index in [2.05, 4.69) is 6.58 Å². The first kappa shape index (κ1) is 13.4. The molecular formula is C16H14F2O. The summed E-state index contributed by atoms with van der Waals surface area (Å²) < 4.78 is 25.9. The molecule has 0 aliphatic carbocycles. The Hall–Kier alpha value is -2.00. The maximum Gasteiger partial charge on any atom is 0.123 e. The van der Waals surface area contributed by atoms with Crippen molar-refractivity contribution in [3.8, 4) is 0 Å². The molecule has 0 aliphatic rings. The van der Waals surface area contributed by atoms with Gasteiger partial charge in [-0.15, -0.1) is 6.58 Å². The van der Waals surface area contributed by atoms with Crippen LogP contribution in [0.1, 0.15) is 17.5 Å². The van der Waals surface area contributed by atoms with Crippen molar-refractivity contribution >= 4 is 0 Å². The van der Waals surface area contributed by atoms with E-state index in [9.17, 15) is 13.9 Å². The lowest BCUT2D eigenvalue weighted by Gasteiger charge is -2.28. The minimum atomic E-state index is -1.33. The molecule has 0 aliphatic heterocycles. The van der Waals surface area contributed by atoms with E-state index < -0.39 is 5.60 Å². The van der Waals surface area contributed by atoms with E-state index in [-0.39, 0.29) is 18.1 Å². The third kappa shape index (κ3) is 2.71. The molecule has 0 fully saturated rings. The molecule has 0 amide bonds. The Morgan fingerprint density at radius 2 is 1.26 bits per heavy atom. The molecule has 1 nitrogen and oxygen atoms in total. The van der Waals surface area contributed by atoms with Crippen molar-refractivity contribution in [2.75, 3.05) is 0 Å². The highest BCUT2D eigenvalue weighted by atomic mass is 19.1. The molecule has 2 aromatic rings. The number of halogens is 2. The zero-order valence-corrected chi connectivity index (χ0v) is 10.3. The van der Waals surface area contributed by atoms with Crippen molar-refractivity contribution in [1.82, 2.24) is 0 Å². The van der Waals surface area contributed by atoms with Gasteiger partial charge < -0.3 is 5.11 Å². The van der Waals surface area contributed by atoms with Crippen LogP contribution in [0.3, 0.4) is 0 Å². The minimum absolute atomic E-state index is 0.254. The molecule has 0 spiro atoms. The summed E-state index contributed by atoms with van der Waals surface area (Å²) in [4.78, 5) is 0. The van der Waals surface area contributed by atoms with Gasteiger partial charge >= 0.3 is 0 Å². The molecule has 0 radical (unpaired) electrons. The lowest BCUT2D eigenvalue weighted by atomic mass is 9.83. The molecule has 19 heavy (non-hydrogen) atoms. The Morgan fingerprint density at radius 1 is 0.895 bits per heavy atom. The quantitative estimate of drug-likeness (QED) is 0.829. The van der Waals surface area contributed by atoms with E-state index in [1.165, 1.54) is 48.5 Å². The second-order valence-electron chi connectivity index (χ2n) is 4.37. The van der Waals surface area contributed by atoms with Gasteiger partial charge in [0.25, 0.3) is 0 Å². The normalized spacial score (nSPS) is 11.3. The fraction of sp³-hybridized carbons (Fsp3) is 0.125. The van der Waals surface area contributed by atoms with E-state index in [4.69, 9.17) is 0 Å². The fourth-order valence-electron chi connectivity index (χ4n) is 2.06. The summed E-state index contributed by atoms with van der Waals surface area (Å²) in [6.45, 7) is 3.62. The van der Waals surface area contributed by atoms with Gasteiger partial charge in [-0.2, -0.15) is 0 Å². The summed E-state index contributed by atoms with van der Waals surface area (Å²) in [7, 11) is 0. The number of benzene rings is 2. The zero-order valence-electron chi connectivity index (χ0n) is 10.3. The molecule has 0 saturated heterocycles. The Bertz CT molecular complexity index is 513. The van der Waals surface area contributed by atoms with Crippen LogP contribution in [0, 0.1) is 11.6 Å². The highest BCUT2D eigenvalue weighted by molar-refractivity contribution is 5.36. The largest absolute Gasteiger partial charge is 0.380 e. The molecule has 2 rings (SSSR count). The highest BCUT2D eigenvalue weighted by Gasteiger charge is 2.30. The summed E-state index contributed by atoms with van der Waals surface area (Å²) in [6.07, 6.45) is 1.83. The standard InChI is InChI=1S/C16H14F2O/c1-2-11-16(19,12-3-7-14(17)8-4-12)13-5-9-15(18)10-6-13/h2-10,19H,1,11H2. The van der Waals surface area contributed by atoms with Crippen molar-refractivity contribution in [2.24, 2.45) is 0 Å². The molecule has 0 unspecified atom stereocenters. The van der Waals surface area contributed by atoms with Gasteiger partial charge in [0.05, 0.1) is 0 Å². The molecule has 3 heteroatoms. The van der Waals surface area contributed by atoms with Crippen molar-refractivity contribution in [3.05, 3.63) is 83.9 Å². The van der Waals surface area contributed by atoms with Crippen LogP contribution in [-0.2, 0) is 5.60 Å². The van der Waals surface area contributed by atoms with Crippen LogP contribution in [-0.4, -0.2) is 5.11 Å². The monoisotopic (exact) mass is 260 g/mol. The smallest absolute Gasteiger partial charge is 0.123 e. The van der Waals surface area contributed by atoms with Gasteiger partial charge in [0, 0.05) is 6.42 Å². The predicted octanol–water partition coefficient (Wildman–Crippen LogP) is 3.78. The Morgan fingerprint density at radius 3 is 1.58 bits per heavy atom. The fourth-order valence-corrected chi connectivity index (χ4v) is 2.06. The van der Waals surface area contributed by atoms with Crippen LogP contribution in [0.25, 0.3) is 0 Å². The second kappa shape index (κ2) is 5.33. The summed E-state index contributed by atoms with van der Waals surface area (Å²) in [5.41, 5.74) is -0.246. The van der Waals surface area contributed by atoms with E-state index in [1.54, 1.807) is 6.08 Å². The third-order valence-electron chi connectivity index (χ3n) is 3.08. The third-order valence-corrected chi connectivity index (χ3v) is 3.08. The average Bonchev–Trinajstić information content (AvgIpc) is 2.40. The van der Waals surface area contributed by atoms with Crippen LogP contribution in [0.15, 0.2) is 61.2 Å². The van der Waals surface area contributed by atoms with Gasteiger partial charge in [0.2, 0.25) is 0 Å². The van der Waals surface area contributed by atoms with E-state index in [0.29, 0.717) is 11.1 Å². The number of hydrogen-bond acceptors (Lipinski definition) is 1. The molecule has 0 heterocycles. The van der Waals surface area contributed by atoms with E-state index in [1.807, 2.05) is 0 Å². The van der Waals surface area contributed by atoms with Crippen molar-refractivity contribution in [2.45, 2.75) is 12.0 Å². The molecule has 0 bridgehead atoms. The second-order valence-corrected chi connectivity index (χ2v) is 4.37. The van der Waals surface area contributed by atoms with Crippen molar-refractivity contribution < 1.29 is 13.9 Å². The summed E-state index contributed by atoms with van der Waals surface area (Å²) >= 11 is 0. The van der Waals surface area contributed by atoms with Crippen LogP contribution < -0.4 is 0 Å². The molecule has 0 aromatic heterocycles. The summed E-state index contributed by atoms with van der Waals surface area (Å²) in [5, 5.41) is 10.8. The predicted molar refractivity (Wildman–Crippen MR) is 70.6 cm³/mol. The molecule has 0 saturated carbocycles. The summed E-state index contributed by atoms with van der Waals surface area (Å²) in [6, 6.07) is 11.2. The zero-order chi connectivity index (χ0) is 13.9. The molecule has 2 aromatic carbocycles. The first-order valence-corrected chi connectivity index (χ1v) is 5.91. The van der Waals surface area contributed by atoms with Crippen LogP contribution >= 0.6 is 0 Å². The number of rotatable bonds is 4. The molecule has 1 N–H and O–H groups in total.